The van der Waals surface area contributed by atoms with Crippen molar-refractivity contribution < 1.29 is 9.53 Å². The smallest absolute Gasteiger partial charge is 0.322 e. The van der Waals surface area contributed by atoms with Gasteiger partial charge in [0.1, 0.15) is 5.75 Å². The van der Waals surface area contributed by atoms with Crippen LogP contribution in [0.4, 0.5) is 10.5 Å². The highest BCUT2D eigenvalue weighted by Gasteiger charge is 2.29. The van der Waals surface area contributed by atoms with Gasteiger partial charge >= 0.3 is 6.03 Å². The molecule has 0 spiro atoms. The number of nitrogens with zero attached hydrogens (tertiary/aromatic N) is 1. The van der Waals surface area contributed by atoms with Crippen molar-refractivity contribution in [3.05, 3.63) is 59.1 Å². The number of hydrogen-bond acceptors (Lipinski definition) is 2. The van der Waals surface area contributed by atoms with E-state index < -0.39 is 0 Å². The summed E-state index contributed by atoms with van der Waals surface area (Å²) in [6.45, 7) is 0.753. The van der Waals surface area contributed by atoms with E-state index in [0.717, 1.165) is 36.4 Å². The number of rotatable bonds is 3. The van der Waals surface area contributed by atoms with Crippen LogP contribution in [-0.4, -0.2) is 24.6 Å². The summed E-state index contributed by atoms with van der Waals surface area (Å²) in [5, 5.41) is 3.66. The van der Waals surface area contributed by atoms with Crippen LogP contribution in [-0.2, 0) is 0 Å². The topological polar surface area (TPSA) is 41.6 Å². The number of hydrogen-bond donors (Lipinski definition) is 1. The molecule has 1 saturated heterocycles. The van der Waals surface area contributed by atoms with Crippen molar-refractivity contribution in [2.75, 3.05) is 19.0 Å². The van der Waals surface area contributed by atoms with E-state index in [1.54, 1.807) is 7.11 Å². The van der Waals surface area contributed by atoms with Gasteiger partial charge in [-0.15, -0.1) is 0 Å². The van der Waals surface area contributed by atoms with Crippen LogP contribution >= 0.6 is 11.6 Å². The fourth-order valence-corrected chi connectivity index (χ4v) is 3.06. The Morgan fingerprint density at radius 2 is 2.04 bits per heavy atom. The first-order valence-corrected chi connectivity index (χ1v) is 8.02. The first-order chi connectivity index (χ1) is 11.2. The molecule has 2 aromatic rings. The number of likely N-dealkylation sites (tertiary alicyclic amines) is 1. The van der Waals surface area contributed by atoms with Crippen LogP contribution in [0.3, 0.4) is 0 Å². The summed E-state index contributed by atoms with van der Waals surface area (Å²) in [5.74, 6) is 0.721. The summed E-state index contributed by atoms with van der Waals surface area (Å²) >= 11 is 5.95. The second-order valence-electron chi connectivity index (χ2n) is 5.57. The number of urea groups is 1. The maximum atomic E-state index is 12.6. The van der Waals surface area contributed by atoms with Crippen molar-refractivity contribution in [1.82, 2.24) is 4.90 Å². The number of anilines is 1. The molecule has 2 aromatic carbocycles. The van der Waals surface area contributed by atoms with Crippen molar-refractivity contribution in [2.45, 2.75) is 18.9 Å². The molecule has 0 aromatic heterocycles. The molecule has 0 radical (unpaired) electrons. The number of benzene rings is 2. The molecule has 1 atom stereocenters. The monoisotopic (exact) mass is 330 g/mol. The van der Waals surface area contributed by atoms with Crippen LogP contribution in [0.5, 0.6) is 5.75 Å². The zero-order valence-electron chi connectivity index (χ0n) is 13.0. The number of ether oxygens (including phenoxy) is 1. The average Bonchev–Trinajstić information content (AvgIpc) is 3.05. The molecule has 1 aliphatic heterocycles. The van der Waals surface area contributed by atoms with Crippen molar-refractivity contribution in [2.24, 2.45) is 0 Å². The lowest BCUT2D eigenvalue weighted by atomic mass is 10.1. The lowest BCUT2D eigenvalue weighted by molar-refractivity contribution is 0.207. The molecule has 2 amide bonds. The number of carbonyl (C=O) groups is 1. The molecule has 5 heteroatoms. The first kappa shape index (κ1) is 15.7. The lowest BCUT2D eigenvalue weighted by Gasteiger charge is -2.25. The van der Waals surface area contributed by atoms with Gasteiger partial charge < -0.3 is 15.0 Å². The molecular formula is C18H19ClN2O2. The Morgan fingerprint density at radius 3 is 2.78 bits per heavy atom. The molecule has 1 unspecified atom stereocenters. The predicted molar refractivity (Wildman–Crippen MR) is 92.1 cm³/mol. The number of amides is 2. The second-order valence-corrected chi connectivity index (χ2v) is 6.00. The molecule has 0 saturated carbocycles. The van der Waals surface area contributed by atoms with Gasteiger partial charge in [0.25, 0.3) is 0 Å². The minimum Gasteiger partial charge on any atom is -0.497 e. The van der Waals surface area contributed by atoms with E-state index in [-0.39, 0.29) is 12.1 Å². The quantitative estimate of drug-likeness (QED) is 0.884. The summed E-state index contributed by atoms with van der Waals surface area (Å²) < 4.78 is 5.19. The molecule has 0 bridgehead atoms. The highest BCUT2D eigenvalue weighted by Crippen LogP contribution is 2.33. The van der Waals surface area contributed by atoms with E-state index in [2.05, 4.69) is 5.32 Å². The van der Waals surface area contributed by atoms with E-state index in [1.807, 2.05) is 53.4 Å². The normalized spacial score (nSPS) is 17.1. The van der Waals surface area contributed by atoms with Gasteiger partial charge in [0.05, 0.1) is 13.2 Å². The Bertz CT molecular complexity index is 688. The number of nitrogens with one attached hydrogen (secondary N) is 1. The third kappa shape index (κ3) is 3.59. The van der Waals surface area contributed by atoms with Crippen LogP contribution in [0, 0.1) is 0 Å². The van der Waals surface area contributed by atoms with Crippen molar-refractivity contribution in [3.63, 3.8) is 0 Å². The molecule has 23 heavy (non-hydrogen) atoms. The van der Waals surface area contributed by atoms with Gasteiger partial charge in [0.15, 0.2) is 0 Å². The molecular weight excluding hydrogens is 312 g/mol. The van der Waals surface area contributed by atoms with Crippen molar-refractivity contribution >= 4 is 23.3 Å². The highest BCUT2D eigenvalue weighted by atomic mass is 35.5. The van der Waals surface area contributed by atoms with Gasteiger partial charge in [-0.2, -0.15) is 0 Å². The fourth-order valence-electron chi connectivity index (χ4n) is 2.94. The van der Waals surface area contributed by atoms with Crippen molar-refractivity contribution in [1.29, 1.82) is 0 Å². The predicted octanol–water partition coefficient (Wildman–Crippen LogP) is 4.72. The molecule has 1 heterocycles. The zero-order chi connectivity index (χ0) is 16.2. The maximum absolute atomic E-state index is 12.6. The first-order valence-electron chi connectivity index (χ1n) is 7.64. The molecule has 1 fully saturated rings. The summed E-state index contributed by atoms with van der Waals surface area (Å²) in [5.41, 5.74) is 1.85. The van der Waals surface area contributed by atoms with Crippen LogP contribution in [0.2, 0.25) is 5.02 Å². The van der Waals surface area contributed by atoms with Gasteiger partial charge in [0.2, 0.25) is 0 Å². The SMILES string of the molecule is COc1cccc(NC(=O)N2CCCC2c2ccc(Cl)cc2)c1. The van der Waals surface area contributed by atoms with E-state index >= 15 is 0 Å². The Balaban J connectivity index is 1.74. The van der Waals surface area contributed by atoms with Gasteiger partial charge in [-0.1, -0.05) is 29.8 Å². The summed E-state index contributed by atoms with van der Waals surface area (Å²) in [7, 11) is 1.61. The van der Waals surface area contributed by atoms with Gasteiger partial charge in [-0.05, 0) is 42.7 Å². The van der Waals surface area contributed by atoms with E-state index in [1.165, 1.54) is 0 Å². The molecule has 1 N–H and O–H groups in total. The van der Waals surface area contributed by atoms with Gasteiger partial charge in [-0.3, -0.25) is 0 Å². The minimum absolute atomic E-state index is 0.0873. The summed E-state index contributed by atoms with van der Waals surface area (Å²) in [6.07, 6.45) is 1.96. The van der Waals surface area contributed by atoms with E-state index in [0.29, 0.717) is 5.02 Å². The largest absolute Gasteiger partial charge is 0.497 e. The third-order valence-corrected chi connectivity index (χ3v) is 4.34. The highest BCUT2D eigenvalue weighted by molar-refractivity contribution is 6.30. The minimum atomic E-state index is -0.0873. The maximum Gasteiger partial charge on any atom is 0.322 e. The van der Waals surface area contributed by atoms with Crippen LogP contribution in [0.1, 0.15) is 24.4 Å². The summed E-state index contributed by atoms with van der Waals surface area (Å²) in [4.78, 5) is 14.5. The second kappa shape index (κ2) is 6.92. The Kier molecular flexibility index (Phi) is 4.72. The number of carbonyl (C=O) groups excluding carboxylic acids is 1. The zero-order valence-corrected chi connectivity index (χ0v) is 13.7. The van der Waals surface area contributed by atoms with Gasteiger partial charge in [0, 0.05) is 23.3 Å². The Morgan fingerprint density at radius 1 is 1.26 bits per heavy atom. The van der Waals surface area contributed by atoms with Crippen molar-refractivity contribution in [3.8, 4) is 5.75 Å². The third-order valence-electron chi connectivity index (χ3n) is 4.09. The van der Waals surface area contributed by atoms with Crippen LogP contribution in [0.15, 0.2) is 48.5 Å². The average molecular weight is 331 g/mol. The molecule has 0 aliphatic carbocycles. The molecule has 3 rings (SSSR count). The summed E-state index contributed by atoms with van der Waals surface area (Å²) in [6, 6.07) is 15.1. The van der Waals surface area contributed by atoms with E-state index in [4.69, 9.17) is 16.3 Å². The number of halogens is 1. The number of methoxy groups -OCH3 is 1. The molecule has 120 valence electrons. The molecule has 4 nitrogen and oxygen atoms in total. The van der Waals surface area contributed by atoms with Gasteiger partial charge in [-0.25, -0.2) is 4.79 Å². The fraction of sp³-hybridized carbons (Fsp3) is 0.278. The Labute approximate surface area is 141 Å². The Hall–Kier alpha value is -2.20. The van der Waals surface area contributed by atoms with Crippen LogP contribution < -0.4 is 10.1 Å². The van der Waals surface area contributed by atoms with E-state index in [9.17, 15) is 4.79 Å². The standard InChI is InChI=1S/C18H19ClN2O2/c1-23-16-5-2-4-15(12-16)20-18(22)21-11-3-6-17(21)13-7-9-14(19)10-8-13/h2,4-5,7-10,12,17H,3,6,11H2,1H3,(H,20,22). The lowest BCUT2D eigenvalue weighted by Crippen LogP contribution is -2.34. The molecule has 1 aliphatic rings. The van der Waals surface area contributed by atoms with Crippen LogP contribution in [0.25, 0.3) is 0 Å².